The molecule has 0 fully saturated rings. The Labute approximate surface area is 160 Å². The maximum Gasteiger partial charge on any atom is 0.190 e. The van der Waals surface area contributed by atoms with Crippen molar-refractivity contribution >= 4 is 17.6 Å². The predicted molar refractivity (Wildman–Crippen MR) is 108 cm³/mol. The molecule has 0 unspecified atom stereocenters. The summed E-state index contributed by atoms with van der Waals surface area (Å²) in [6.07, 6.45) is 4.69. The first-order valence-electron chi connectivity index (χ1n) is 8.92. The summed E-state index contributed by atoms with van der Waals surface area (Å²) >= 11 is 5.79. The summed E-state index contributed by atoms with van der Waals surface area (Å²) in [6, 6.07) is 11.9. The fraction of sp³-hybridized carbons (Fsp3) is 0.400. The smallest absolute Gasteiger partial charge is 0.190 e. The lowest BCUT2D eigenvalue weighted by Crippen LogP contribution is -2.38. The minimum absolute atomic E-state index is 0.519. The van der Waals surface area contributed by atoms with E-state index in [1.807, 2.05) is 24.3 Å². The zero-order valence-corrected chi connectivity index (χ0v) is 16.2. The number of unbranched alkanes of at least 4 members (excludes halogenated alkanes) is 1. The van der Waals surface area contributed by atoms with Gasteiger partial charge in [0.05, 0.1) is 6.61 Å². The number of aryl methyl sites for hydroxylation is 1. The molecule has 1 heterocycles. The van der Waals surface area contributed by atoms with Gasteiger partial charge in [-0.05, 0) is 49.9 Å². The van der Waals surface area contributed by atoms with Crippen molar-refractivity contribution in [3.63, 3.8) is 0 Å². The number of nitrogens with one attached hydrogen (secondary N) is 2. The second-order valence-corrected chi connectivity index (χ2v) is 6.42. The van der Waals surface area contributed by atoms with Crippen LogP contribution in [0.2, 0.25) is 5.15 Å². The monoisotopic (exact) mass is 374 g/mol. The molecule has 140 valence electrons. The summed E-state index contributed by atoms with van der Waals surface area (Å²) in [7, 11) is 1.78. The van der Waals surface area contributed by atoms with E-state index in [4.69, 9.17) is 16.3 Å². The lowest BCUT2D eigenvalue weighted by molar-refractivity contribution is 0.307. The molecule has 0 saturated carbocycles. The Morgan fingerprint density at radius 3 is 2.54 bits per heavy atom. The average Bonchev–Trinajstić information content (AvgIpc) is 2.66. The van der Waals surface area contributed by atoms with Gasteiger partial charge in [-0.1, -0.05) is 35.4 Å². The summed E-state index contributed by atoms with van der Waals surface area (Å²) in [5.41, 5.74) is 2.39. The van der Waals surface area contributed by atoms with Gasteiger partial charge in [0.15, 0.2) is 5.96 Å². The number of benzene rings is 1. The number of aliphatic imine (C=N–C) groups is 1. The molecule has 0 saturated heterocycles. The molecule has 0 aliphatic heterocycles. The molecule has 0 radical (unpaired) electrons. The van der Waals surface area contributed by atoms with Gasteiger partial charge in [-0.25, -0.2) is 4.98 Å². The minimum Gasteiger partial charge on any atom is -0.494 e. The standard InChI is InChI=1S/C20H27ClN4O/c1-16-5-8-18(9-6-16)26-14-4-3-12-23-20(22-2)24-13-11-17-7-10-19(21)25-15-17/h5-10,15H,3-4,11-14H2,1-2H3,(H2,22,23,24). The summed E-state index contributed by atoms with van der Waals surface area (Å²) < 4.78 is 5.73. The number of hydrogen-bond acceptors (Lipinski definition) is 3. The number of aromatic nitrogens is 1. The van der Waals surface area contributed by atoms with E-state index in [1.165, 1.54) is 5.56 Å². The van der Waals surface area contributed by atoms with Crippen LogP contribution in [0.25, 0.3) is 0 Å². The quantitative estimate of drug-likeness (QED) is 0.304. The highest BCUT2D eigenvalue weighted by Crippen LogP contribution is 2.11. The van der Waals surface area contributed by atoms with Gasteiger partial charge in [-0.2, -0.15) is 0 Å². The van der Waals surface area contributed by atoms with Crippen LogP contribution in [-0.2, 0) is 6.42 Å². The highest BCUT2D eigenvalue weighted by molar-refractivity contribution is 6.29. The SMILES string of the molecule is CN=C(NCCCCOc1ccc(C)cc1)NCCc1ccc(Cl)nc1. The Morgan fingerprint density at radius 1 is 1.08 bits per heavy atom. The summed E-state index contributed by atoms with van der Waals surface area (Å²) in [6.45, 7) is 4.45. The zero-order valence-electron chi connectivity index (χ0n) is 15.5. The van der Waals surface area contributed by atoms with E-state index in [0.717, 1.165) is 56.2 Å². The van der Waals surface area contributed by atoms with Crippen molar-refractivity contribution in [2.24, 2.45) is 4.99 Å². The van der Waals surface area contributed by atoms with Gasteiger partial charge in [-0.15, -0.1) is 0 Å². The molecule has 0 bridgehead atoms. The third-order valence-electron chi connectivity index (χ3n) is 3.87. The van der Waals surface area contributed by atoms with Gasteiger partial charge < -0.3 is 15.4 Å². The van der Waals surface area contributed by atoms with Gasteiger partial charge in [0, 0.05) is 26.3 Å². The van der Waals surface area contributed by atoms with Crippen LogP contribution >= 0.6 is 11.6 Å². The van der Waals surface area contributed by atoms with E-state index in [-0.39, 0.29) is 0 Å². The molecule has 26 heavy (non-hydrogen) atoms. The van der Waals surface area contributed by atoms with Crippen LogP contribution in [0.5, 0.6) is 5.75 Å². The normalized spacial score (nSPS) is 11.3. The van der Waals surface area contributed by atoms with Crippen LogP contribution in [0.3, 0.4) is 0 Å². The predicted octanol–water partition coefficient (Wildman–Crippen LogP) is 3.61. The molecule has 0 atom stereocenters. The molecule has 0 aliphatic rings. The van der Waals surface area contributed by atoms with E-state index >= 15 is 0 Å². The Kier molecular flexibility index (Phi) is 8.76. The molecule has 1 aromatic carbocycles. The molecule has 6 heteroatoms. The van der Waals surface area contributed by atoms with E-state index in [9.17, 15) is 0 Å². The number of pyridine rings is 1. The first kappa shape index (κ1) is 20.0. The van der Waals surface area contributed by atoms with Gasteiger partial charge in [0.25, 0.3) is 0 Å². The molecular weight excluding hydrogens is 348 g/mol. The third kappa shape index (κ3) is 7.74. The number of ether oxygens (including phenoxy) is 1. The Morgan fingerprint density at radius 2 is 1.85 bits per heavy atom. The Balaban J connectivity index is 1.54. The highest BCUT2D eigenvalue weighted by Gasteiger charge is 1.99. The molecule has 0 aliphatic carbocycles. The van der Waals surface area contributed by atoms with Crippen molar-refractivity contribution in [1.29, 1.82) is 0 Å². The van der Waals surface area contributed by atoms with Gasteiger partial charge in [-0.3, -0.25) is 4.99 Å². The lowest BCUT2D eigenvalue weighted by atomic mass is 10.2. The molecule has 2 rings (SSSR count). The van der Waals surface area contributed by atoms with Crippen LogP contribution in [0.15, 0.2) is 47.6 Å². The van der Waals surface area contributed by atoms with E-state index in [0.29, 0.717) is 5.15 Å². The lowest BCUT2D eigenvalue weighted by Gasteiger charge is -2.12. The Hall–Kier alpha value is -2.27. The maximum atomic E-state index is 5.79. The van der Waals surface area contributed by atoms with Crippen LogP contribution in [0.1, 0.15) is 24.0 Å². The molecule has 0 amide bonds. The molecular formula is C20H27ClN4O. The fourth-order valence-corrected chi connectivity index (χ4v) is 2.47. The Bertz CT molecular complexity index is 671. The van der Waals surface area contributed by atoms with E-state index in [1.54, 1.807) is 13.2 Å². The van der Waals surface area contributed by atoms with Gasteiger partial charge in [0.1, 0.15) is 10.9 Å². The van der Waals surface area contributed by atoms with Crippen LogP contribution < -0.4 is 15.4 Å². The number of halogens is 1. The fourth-order valence-electron chi connectivity index (χ4n) is 2.36. The van der Waals surface area contributed by atoms with Crippen LogP contribution in [0, 0.1) is 6.92 Å². The second kappa shape index (κ2) is 11.4. The van der Waals surface area contributed by atoms with Crippen molar-refractivity contribution < 1.29 is 4.74 Å². The van der Waals surface area contributed by atoms with Gasteiger partial charge >= 0.3 is 0 Å². The zero-order chi connectivity index (χ0) is 18.6. The van der Waals surface area contributed by atoms with Crippen molar-refractivity contribution in [3.8, 4) is 5.75 Å². The molecule has 2 aromatic rings. The molecule has 1 aromatic heterocycles. The first-order chi connectivity index (χ1) is 12.7. The second-order valence-electron chi connectivity index (χ2n) is 6.03. The van der Waals surface area contributed by atoms with E-state index in [2.05, 4.69) is 39.7 Å². The maximum absolute atomic E-state index is 5.79. The highest BCUT2D eigenvalue weighted by atomic mass is 35.5. The van der Waals surface area contributed by atoms with Crippen molar-refractivity contribution in [1.82, 2.24) is 15.6 Å². The largest absolute Gasteiger partial charge is 0.494 e. The first-order valence-corrected chi connectivity index (χ1v) is 9.29. The van der Waals surface area contributed by atoms with Crippen LogP contribution in [-0.4, -0.2) is 37.7 Å². The number of hydrogen-bond donors (Lipinski definition) is 2. The number of nitrogens with zero attached hydrogens (tertiary/aromatic N) is 2. The van der Waals surface area contributed by atoms with E-state index < -0.39 is 0 Å². The number of guanidine groups is 1. The average molecular weight is 375 g/mol. The van der Waals surface area contributed by atoms with Gasteiger partial charge in [0.2, 0.25) is 0 Å². The summed E-state index contributed by atoms with van der Waals surface area (Å²) in [4.78, 5) is 8.31. The topological polar surface area (TPSA) is 58.5 Å². The van der Waals surface area contributed by atoms with Crippen molar-refractivity contribution in [3.05, 3.63) is 58.9 Å². The van der Waals surface area contributed by atoms with Crippen LogP contribution in [0.4, 0.5) is 0 Å². The summed E-state index contributed by atoms with van der Waals surface area (Å²) in [5.74, 6) is 1.74. The summed E-state index contributed by atoms with van der Waals surface area (Å²) in [5, 5.41) is 7.14. The number of rotatable bonds is 9. The van der Waals surface area contributed by atoms with Crippen molar-refractivity contribution in [2.75, 3.05) is 26.7 Å². The third-order valence-corrected chi connectivity index (χ3v) is 4.10. The van der Waals surface area contributed by atoms with Crippen molar-refractivity contribution in [2.45, 2.75) is 26.2 Å². The molecule has 5 nitrogen and oxygen atoms in total. The molecule has 2 N–H and O–H groups in total. The minimum atomic E-state index is 0.519. The molecule has 0 spiro atoms.